The molecule has 2 aromatic carbocycles. The van der Waals surface area contributed by atoms with Gasteiger partial charge in [0.2, 0.25) is 5.91 Å². The lowest BCUT2D eigenvalue weighted by molar-refractivity contribution is -0.384. The van der Waals surface area contributed by atoms with Crippen molar-refractivity contribution in [3.8, 4) is 0 Å². The highest BCUT2D eigenvalue weighted by Crippen LogP contribution is 2.25. The molecule has 2 amide bonds. The van der Waals surface area contributed by atoms with Crippen LogP contribution in [0.15, 0.2) is 58.2 Å². The Morgan fingerprint density at radius 2 is 1.88 bits per heavy atom. The fourth-order valence-corrected chi connectivity index (χ4v) is 4.08. The van der Waals surface area contributed by atoms with Gasteiger partial charge in [0.25, 0.3) is 11.6 Å². The van der Waals surface area contributed by atoms with E-state index in [2.05, 4.69) is 36.8 Å². The number of thioether (sulfide) groups is 1. The molecule has 3 rings (SSSR count). The average Bonchev–Trinajstić information content (AvgIpc) is 3.17. The second-order valence-corrected chi connectivity index (χ2v) is 9.60. The Balaban J connectivity index is 1.68. The van der Waals surface area contributed by atoms with Crippen molar-refractivity contribution < 1.29 is 14.5 Å². The molecule has 12 heteroatoms. The molecule has 1 atom stereocenters. The molecule has 0 spiro atoms. The molecule has 178 valence electrons. The fourth-order valence-electron chi connectivity index (χ4n) is 3.10. The molecule has 3 aromatic rings. The molecule has 34 heavy (non-hydrogen) atoms. The molecule has 1 aromatic heterocycles. The number of anilines is 1. The van der Waals surface area contributed by atoms with Gasteiger partial charge in [-0.1, -0.05) is 47.6 Å². The summed E-state index contributed by atoms with van der Waals surface area (Å²) in [6, 6.07) is 12.3. The largest absolute Gasteiger partial charge is 0.342 e. The molecule has 0 unspecified atom stereocenters. The lowest BCUT2D eigenvalue weighted by atomic mass is 10.0. The lowest BCUT2D eigenvalue weighted by Crippen LogP contribution is -2.33. The smallest absolute Gasteiger partial charge is 0.270 e. The third-order valence-corrected chi connectivity index (χ3v) is 6.43. The van der Waals surface area contributed by atoms with Gasteiger partial charge in [0, 0.05) is 34.9 Å². The first kappa shape index (κ1) is 25.4. The Morgan fingerprint density at radius 1 is 1.18 bits per heavy atom. The number of carbonyl (C=O) groups is 2. The molecule has 1 heterocycles. The van der Waals surface area contributed by atoms with Gasteiger partial charge in [-0.05, 0) is 36.2 Å². The van der Waals surface area contributed by atoms with Crippen molar-refractivity contribution in [3.05, 3.63) is 74.5 Å². The zero-order valence-electron chi connectivity index (χ0n) is 18.7. The van der Waals surface area contributed by atoms with E-state index in [9.17, 15) is 19.7 Å². The number of aromatic nitrogens is 3. The standard InChI is InChI=1S/C22H23BrN6O4S/c1-13(2)19(25-21(31)14-5-4-6-17(11-14)29(32)33)20-26-27-22(28(20)3)34-12-18(30)24-16-9-7-15(23)8-10-16/h4-11,13,19H,12H2,1-3H3,(H,24,30)(H,25,31)/t19-/m0/s1. The number of nitro groups is 1. The van der Waals surface area contributed by atoms with Crippen molar-refractivity contribution in [2.75, 3.05) is 11.1 Å². The topological polar surface area (TPSA) is 132 Å². The fraction of sp³-hybridized carbons (Fsp3) is 0.273. The summed E-state index contributed by atoms with van der Waals surface area (Å²) in [6.45, 7) is 3.84. The van der Waals surface area contributed by atoms with Crippen LogP contribution < -0.4 is 10.6 Å². The van der Waals surface area contributed by atoms with Crippen LogP contribution in [-0.4, -0.2) is 37.3 Å². The van der Waals surface area contributed by atoms with E-state index in [0.717, 1.165) is 4.47 Å². The second-order valence-electron chi connectivity index (χ2n) is 7.75. The number of nitro benzene ring substituents is 1. The Kier molecular flexibility index (Phi) is 8.40. The zero-order chi connectivity index (χ0) is 24.8. The molecule has 0 bridgehead atoms. The Morgan fingerprint density at radius 3 is 2.53 bits per heavy atom. The maximum Gasteiger partial charge on any atom is 0.270 e. The van der Waals surface area contributed by atoms with Crippen molar-refractivity contribution >= 4 is 50.9 Å². The Hall–Kier alpha value is -3.25. The van der Waals surface area contributed by atoms with E-state index in [1.54, 1.807) is 23.7 Å². The normalized spacial score (nSPS) is 11.8. The number of benzene rings is 2. The summed E-state index contributed by atoms with van der Waals surface area (Å²) < 4.78 is 2.65. The van der Waals surface area contributed by atoms with Gasteiger partial charge in [0.1, 0.15) is 0 Å². The van der Waals surface area contributed by atoms with Crippen LogP contribution in [0.2, 0.25) is 0 Å². The monoisotopic (exact) mass is 546 g/mol. The summed E-state index contributed by atoms with van der Waals surface area (Å²) in [5.74, 6) is -0.0209. The van der Waals surface area contributed by atoms with Crippen LogP contribution in [0.3, 0.4) is 0 Å². The summed E-state index contributed by atoms with van der Waals surface area (Å²) in [5.41, 5.74) is 0.713. The van der Waals surface area contributed by atoms with Crippen molar-refractivity contribution in [2.24, 2.45) is 13.0 Å². The first-order valence-electron chi connectivity index (χ1n) is 10.3. The maximum absolute atomic E-state index is 12.8. The van der Waals surface area contributed by atoms with Gasteiger partial charge < -0.3 is 15.2 Å². The molecule has 0 aliphatic heterocycles. The number of hydrogen-bond acceptors (Lipinski definition) is 7. The van der Waals surface area contributed by atoms with Crippen LogP contribution in [-0.2, 0) is 11.8 Å². The van der Waals surface area contributed by atoms with Crippen molar-refractivity contribution in [2.45, 2.75) is 25.0 Å². The van der Waals surface area contributed by atoms with E-state index < -0.39 is 16.9 Å². The number of non-ortho nitro benzene ring substituents is 1. The third-order valence-electron chi connectivity index (χ3n) is 4.88. The summed E-state index contributed by atoms with van der Waals surface area (Å²) in [5, 5.41) is 25.7. The van der Waals surface area contributed by atoms with Crippen molar-refractivity contribution in [3.63, 3.8) is 0 Å². The highest BCUT2D eigenvalue weighted by atomic mass is 79.9. The van der Waals surface area contributed by atoms with Crippen LogP contribution in [0.1, 0.15) is 36.1 Å². The number of hydrogen-bond donors (Lipinski definition) is 2. The van der Waals surface area contributed by atoms with E-state index >= 15 is 0 Å². The maximum atomic E-state index is 12.8. The van der Waals surface area contributed by atoms with E-state index in [1.165, 1.54) is 36.0 Å². The van der Waals surface area contributed by atoms with Gasteiger partial charge in [-0.25, -0.2) is 0 Å². The number of rotatable bonds is 9. The highest BCUT2D eigenvalue weighted by molar-refractivity contribution is 9.10. The minimum atomic E-state index is -0.546. The van der Waals surface area contributed by atoms with Crippen LogP contribution in [0.5, 0.6) is 0 Å². The van der Waals surface area contributed by atoms with E-state index in [4.69, 9.17) is 0 Å². The minimum absolute atomic E-state index is 0.0379. The Labute approximate surface area is 208 Å². The predicted molar refractivity (Wildman–Crippen MR) is 133 cm³/mol. The molecular formula is C22H23BrN6O4S. The van der Waals surface area contributed by atoms with E-state index in [-0.39, 0.29) is 28.8 Å². The number of halogens is 1. The summed E-state index contributed by atoms with van der Waals surface area (Å²) in [4.78, 5) is 35.6. The van der Waals surface area contributed by atoms with Crippen LogP contribution in [0.25, 0.3) is 0 Å². The van der Waals surface area contributed by atoms with Crippen molar-refractivity contribution in [1.82, 2.24) is 20.1 Å². The van der Waals surface area contributed by atoms with Gasteiger partial charge >= 0.3 is 0 Å². The summed E-state index contributed by atoms with van der Waals surface area (Å²) in [6.07, 6.45) is 0. The van der Waals surface area contributed by atoms with Gasteiger partial charge in [-0.2, -0.15) is 0 Å². The zero-order valence-corrected chi connectivity index (χ0v) is 21.1. The number of nitrogens with one attached hydrogen (secondary N) is 2. The molecule has 0 aliphatic carbocycles. The van der Waals surface area contributed by atoms with Crippen molar-refractivity contribution in [1.29, 1.82) is 0 Å². The summed E-state index contributed by atoms with van der Waals surface area (Å²) in [7, 11) is 1.76. The minimum Gasteiger partial charge on any atom is -0.342 e. The number of carbonyl (C=O) groups excluding carboxylic acids is 2. The molecular weight excluding hydrogens is 524 g/mol. The number of amides is 2. The van der Waals surface area contributed by atoms with Crippen LogP contribution >= 0.6 is 27.7 Å². The highest BCUT2D eigenvalue weighted by Gasteiger charge is 2.26. The molecule has 0 radical (unpaired) electrons. The average molecular weight is 547 g/mol. The second kappa shape index (κ2) is 11.3. The molecule has 10 nitrogen and oxygen atoms in total. The van der Waals surface area contributed by atoms with Gasteiger partial charge in [-0.15, -0.1) is 10.2 Å². The SMILES string of the molecule is CC(C)[C@H](NC(=O)c1cccc([N+](=O)[O-])c1)c1nnc(SCC(=O)Nc2ccc(Br)cc2)n1C. The van der Waals surface area contributed by atoms with Gasteiger partial charge in [0.05, 0.1) is 16.7 Å². The molecule has 0 saturated carbocycles. The quantitative estimate of drug-likeness (QED) is 0.231. The van der Waals surface area contributed by atoms with E-state index in [0.29, 0.717) is 16.7 Å². The third kappa shape index (κ3) is 6.41. The van der Waals surface area contributed by atoms with Crippen LogP contribution in [0, 0.1) is 16.0 Å². The lowest BCUT2D eigenvalue weighted by Gasteiger charge is -2.21. The molecule has 0 aliphatic rings. The molecule has 0 saturated heterocycles. The van der Waals surface area contributed by atoms with Gasteiger partial charge in [0.15, 0.2) is 11.0 Å². The first-order chi connectivity index (χ1) is 16.2. The summed E-state index contributed by atoms with van der Waals surface area (Å²) >= 11 is 4.58. The van der Waals surface area contributed by atoms with E-state index in [1.807, 2.05) is 26.0 Å². The first-order valence-corrected chi connectivity index (χ1v) is 12.1. The Bertz CT molecular complexity index is 1200. The molecule has 0 fully saturated rings. The van der Waals surface area contributed by atoms with Crippen LogP contribution in [0.4, 0.5) is 11.4 Å². The molecule has 2 N–H and O–H groups in total. The number of nitrogens with zero attached hydrogens (tertiary/aromatic N) is 4. The van der Waals surface area contributed by atoms with Gasteiger partial charge in [-0.3, -0.25) is 19.7 Å². The predicted octanol–water partition coefficient (Wildman–Crippen LogP) is 4.34.